The minimum atomic E-state index is -0.544. The molecule has 7 heteroatoms. The molecule has 0 aromatic heterocycles. The molecule has 0 aliphatic carbocycles. The monoisotopic (exact) mass is 341 g/mol. The molecular weight excluding hydrogens is 322 g/mol. The summed E-state index contributed by atoms with van der Waals surface area (Å²) in [5, 5.41) is 0. The molecule has 0 heterocycles. The van der Waals surface area contributed by atoms with Gasteiger partial charge in [0.25, 0.3) is 17.7 Å². The molecule has 0 radical (unpaired) electrons. The van der Waals surface area contributed by atoms with Crippen LogP contribution in [0.2, 0.25) is 0 Å². The second-order valence-corrected chi connectivity index (χ2v) is 5.35. The van der Waals surface area contributed by atoms with Crippen LogP contribution in [0.25, 0.3) is 0 Å². The van der Waals surface area contributed by atoms with Crippen molar-refractivity contribution >= 4 is 17.7 Å². The van der Waals surface area contributed by atoms with Crippen molar-refractivity contribution in [2.75, 3.05) is 20.7 Å². The number of carbonyl (C=O) groups excluding carboxylic acids is 3. The molecule has 25 heavy (non-hydrogen) atoms. The quantitative estimate of drug-likeness (QED) is 0.801. The summed E-state index contributed by atoms with van der Waals surface area (Å²) in [5.41, 5.74) is 5.30. The first-order valence-electron chi connectivity index (χ1n) is 7.56. The molecule has 0 fully saturated rings. The Morgan fingerprint density at radius 3 is 2.16 bits per heavy atom. The highest BCUT2D eigenvalue weighted by atomic mass is 16.5. The van der Waals surface area contributed by atoms with E-state index in [1.807, 2.05) is 0 Å². The Labute approximate surface area is 145 Å². The highest BCUT2D eigenvalue weighted by Crippen LogP contribution is 2.17. The van der Waals surface area contributed by atoms with Crippen LogP contribution < -0.4 is 15.6 Å². The fourth-order valence-electron chi connectivity index (χ4n) is 1.89. The van der Waals surface area contributed by atoms with E-state index < -0.39 is 11.8 Å². The molecule has 0 atom stereocenters. The van der Waals surface area contributed by atoms with E-state index >= 15 is 0 Å². The number of nitrogens with one attached hydrogen (secondary N) is 2. The van der Waals surface area contributed by atoms with Gasteiger partial charge in [0.2, 0.25) is 0 Å². The summed E-state index contributed by atoms with van der Waals surface area (Å²) in [4.78, 5) is 37.2. The van der Waals surface area contributed by atoms with Crippen LogP contribution in [0.15, 0.2) is 54.6 Å². The lowest BCUT2D eigenvalue weighted by atomic mass is 10.2. The van der Waals surface area contributed by atoms with Crippen molar-refractivity contribution in [3.05, 3.63) is 65.7 Å². The highest BCUT2D eigenvalue weighted by molar-refractivity contribution is 6.00. The summed E-state index contributed by atoms with van der Waals surface area (Å²) in [6.45, 7) is -0.187. The van der Waals surface area contributed by atoms with Crippen molar-refractivity contribution in [3.63, 3.8) is 0 Å². The van der Waals surface area contributed by atoms with Crippen molar-refractivity contribution < 1.29 is 19.1 Å². The molecule has 0 bridgehead atoms. The van der Waals surface area contributed by atoms with E-state index in [1.165, 1.54) is 4.90 Å². The predicted molar refractivity (Wildman–Crippen MR) is 92.0 cm³/mol. The van der Waals surface area contributed by atoms with Crippen LogP contribution >= 0.6 is 0 Å². The van der Waals surface area contributed by atoms with Gasteiger partial charge < -0.3 is 9.64 Å². The number of likely N-dealkylation sites (N-methyl/N-ethyl adjacent to an activating group) is 1. The molecule has 3 amide bonds. The summed E-state index contributed by atoms with van der Waals surface area (Å²) in [7, 11) is 3.23. The lowest BCUT2D eigenvalue weighted by Crippen LogP contribution is -2.41. The molecule has 2 aromatic rings. The molecule has 0 unspecified atom stereocenters. The Hall–Kier alpha value is -3.35. The lowest BCUT2D eigenvalue weighted by molar-refractivity contribution is -0.130. The van der Waals surface area contributed by atoms with Crippen LogP contribution in [-0.2, 0) is 4.79 Å². The normalized spacial score (nSPS) is 9.84. The number of amides is 3. The molecule has 2 N–H and O–H groups in total. The van der Waals surface area contributed by atoms with Crippen LogP contribution in [0.4, 0.5) is 0 Å². The topological polar surface area (TPSA) is 87.7 Å². The number of para-hydroxylation sites is 1. The van der Waals surface area contributed by atoms with E-state index in [0.717, 1.165) is 0 Å². The summed E-state index contributed by atoms with van der Waals surface area (Å²) >= 11 is 0. The molecule has 0 spiro atoms. The maximum Gasteiger partial charge on any atom is 0.273 e. The smallest absolute Gasteiger partial charge is 0.273 e. The zero-order chi connectivity index (χ0) is 18.2. The highest BCUT2D eigenvalue weighted by Gasteiger charge is 2.15. The standard InChI is InChI=1S/C18H19N3O4/c1-21(2)16(22)12-25-15-11-7-6-10-14(15)18(24)20-19-17(23)13-8-4-3-5-9-13/h3-11H,12H2,1-2H3,(H,19,23)(H,20,24). The Morgan fingerprint density at radius 1 is 0.880 bits per heavy atom. The Morgan fingerprint density at radius 2 is 1.48 bits per heavy atom. The maximum atomic E-state index is 12.3. The van der Waals surface area contributed by atoms with Crippen LogP contribution in [-0.4, -0.2) is 43.3 Å². The molecule has 7 nitrogen and oxygen atoms in total. The first-order chi connectivity index (χ1) is 12.0. The SMILES string of the molecule is CN(C)C(=O)COc1ccccc1C(=O)NNC(=O)c1ccccc1. The first kappa shape index (κ1) is 18.0. The Kier molecular flexibility index (Phi) is 6.11. The zero-order valence-corrected chi connectivity index (χ0v) is 14.0. The van der Waals surface area contributed by atoms with Gasteiger partial charge in [-0.2, -0.15) is 0 Å². The van der Waals surface area contributed by atoms with Crippen molar-refractivity contribution in [2.24, 2.45) is 0 Å². The number of hydrogen-bond donors (Lipinski definition) is 2. The van der Waals surface area contributed by atoms with E-state index in [0.29, 0.717) is 5.56 Å². The van der Waals surface area contributed by atoms with Crippen LogP contribution in [0.3, 0.4) is 0 Å². The van der Waals surface area contributed by atoms with Gasteiger partial charge in [0.05, 0.1) is 5.56 Å². The Bertz CT molecular complexity index is 760. The second kappa shape index (κ2) is 8.49. The summed E-state index contributed by atoms with van der Waals surface area (Å²) in [6.07, 6.45) is 0. The van der Waals surface area contributed by atoms with Gasteiger partial charge >= 0.3 is 0 Å². The molecule has 0 aliphatic heterocycles. The van der Waals surface area contributed by atoms with Crippen molar-refractivity contribution in [3.8, 4) is 5.75 Å². The Balaban J connectivity index is 1.99. The molecule has 2 aromatic carbocycles. The third-order valence-corrected chi connectivity index (χ3v) is 3.31. The van der Waals surface area contributed by atoms with Gasteiger partial charge in [-0.25, -0.2) is 0 Å². The molecule has 2 rings (SSSR count). The van der Waals surface area contributed by atoms with Gasteiger partial charge in [0, 0.05) is 19.7 Å². The fourth-order valence-corrected chi connectivity index (χ4v) is 1.89. The predicted octanol–water partition coefficient (Wildman–Crippen LogP) is 1.23. The molecule has 0 saturated carbocycles. The van der Waals surface area contributed by atoms with Gasteiger partial charge in [-0.05, 0) is 24.3 Å². The van der Waals surface area contributed by atoms with Gasteiger partial charge in [0.15, 0.2) is 6.61 Å². The minimum absolute atomic E-state index is 0.187. The van der Waals surface area contributed by atoms with E-state index in [1.54, 1.807) is 68.7 Å². The molecule has 130 valence electrons. The third kappa shape index (κ3) is 5.07. The molecular formula is C18H19N3O4. The van der Waals surface area contributed by atoms with Crippen LogP contribution in [0.1, 0.15) is 20.7 Å². The molecule has 0 saturated heterocycles. The van der Waals surface area contributed by atoms with Crippen LogP contribution in [0.5, 0.6) is 5.75 Å². The summed E-state index contributed by atoms with van der Waals surface area (Å²) in [6, 6.07) is 15.0. The van der Waals surface area contributed by atoms with Gasteiger partial charge in [0.1, 0.15) is 5.75 Å². The number of benzene rings is 2. The van der Waals surface area contributed by atoms with Crippen molar-refractivity contribution in [1.29, 1.82) is 0 Å². The maximum absolute atomic E-state index is 12.3. The van der Waals surface area contributed by atoms with Crippen LogP contribution in [0, 0.1) is 0 Å². The molecule has 0 aliphatic rings. The summed E-state index contributed by atoms with van der Waals surface area (Å²) < 4.78 is 5.41. The zero-order valence-electron chi connectivity index (χ0n) is 14.0. The second-order valence-electron chi connectivity index (χ2n) is 5.35. The third-order valence-electron chi connectivity index (χ3n) is 3.31. The average molecular weight is 341 g/mol. The van der Waals surface area contributed by atoms with Crippen molar-refractivity contribution in [1.82, 2.24) is 15.8 Å². The number of nitrogens with zero attached hydrogens (tertiary/aromatic N) is 1. The largest absolute Gasteiger partial charge is 0.483 e. The van der Waals surface area contributed by atoms with Gasteiger partial charge in [-0.1, -0.05) is 30.3 Å². The number of hydrogen-bond acceptors (Lipinski definition) is 4. The first-order valence-corrected chi connectivity index (χ1v) is 7.56. The number of carbonyl (C=O) groups is 3. The number of ether oxygens (including phenoxy) is 1. The average Bonchev–Trinajstić information content (AvgIpc) is 2.64. The van der Waals surface area contributed by atoms with E-state index in [2.05, 4.69) is 10.9 Å². The van der Waals surface area contributed by atoms with Gasteiger partial charge in [-0.3, -0.25) is 25.2 Å². The summed E-state index contributed by atoms with van der Waals surface area (Å²) in [5.74, 6) is -0.955. The fraction of sp³-hybridized carbons (Fsp3) is 0.167. The van der Waals surface area contributed by atoms with Crippen molar-refractivity contribution in [2.45, 2.75) is 0 Å². The van der Waals surface area contributed by atoms with E-state index in [9.17, 15) is 14.4 Å². The van der Waals surface area contributed by atoms with E-state index in [4.69, 9.17) is 4.74 Å². The minimum Gasteiger partial charge on any atom is -0.483 e. The lowest BCUT2D eigenvalue weighted by Gasteiger charge is -2.14. The van der Waals surface area contributed by atoms with E-state index in [-0.39, 0.29) is 23.8 Å². The van der Waals surface area contributed by atoms with Gasteiger partial charge in [-0.15, -0.1) is 0 Å². The number of hydrazine groups is 1. The number of rotatable bonds is 5.